The van der Waals surface area contributed by atoms with Gasteiger partial charge in [0.1, 0.15) is 5.69 Å². The molecule has 20 heavy (non-hydrogen) atoms. The van der Waals surface area contributed by atoms with E-state index in [0.717, 1.165) is 18.5 Å². The van der Waals surface area contributed by atoms with Gasteiger partial charge in [-0.3, -0.25) is 9.59 Å². The minimum Gasteiger partial charge on any atom is -0.469 e. The lowest BCUT2D eigenvalue weighted by Gasteiger charge is -2.30. The zero-order valence-electron chi connectivity index (χ0n) is 12.2. The highest BCUT2D eigenvalue weighted by molar-refractivity contribution is 5.93. The fourth-order valence-corrected chi connectivity index (χ4v) is 2.45. The Labute approximate surface area is 119 Å². The number of carbonyl (C=O) groups excluding carboxylic acids is 2. The molecule has 1 aromatic heterocycles. The van der Waals surface area contributed by atoms with Gasteiger partial charge in [-0.15, -0.1) is 0 Å². The van der Waals surface area contributed by atoms with E-state index in [4.69, 9.17) is 0 Å². The molecule has 1 aromatic rings. The molecule has 0 unspecified atom stereocenters. The van der Waals surface area contributed by atoms with E-state index < -0.39 is 0 Å². The van der Waals surface area contributed by atoms with Crippen LogP contribution < -0.4 is 0 Å². The second-order valence-corrected chi connectivity index (χ2v) is 5.10. The molecule has 1 saturated carbocycles. The molecule has 1 fully saturated rings. The van der Waals surface area contributed by atoms with E-state index in [1.54, 1.807) is 4.90 Å². The maximum Gasteiger partial charge on any atom is 0.307 e. The summed E-state index contributed by atoms with van der Waals surface area (Å²) in [6, 6.07) is 4.24. The summed E-state index contributed by atoms with van der Waals surface area (Å²) in [6.45, 7) is 2.91. The largest absolute Gasteiger partial charge is 0.469 e. The van der Waals surface area contributed by atoms with E-state index in [-0.39, 0.29) is 18.3 Å². The lowest BCUT2D eigenvalue weighted by molar-refractivity contribution is -0.140. The molecule has 0 bridgehead atoms. The smallest absolute Gasteiger partial charge is 0.307 e. The minimum absolute atomic E-state index is 0.00620. The molecule has 1 aliphatic rings. The van der Waals surface area contributed by atoms with E-state index in [9.17, 15) is 9.59 Å². The number of nitrogens with zero attached hydrogens (tertiary/aromatic N) is 2. The molecule has 0 spiro atoms. The van der Waals surface area contributed by atoms with Crippen LogP contribution in [0.1, 0.15) is 49.1 Å². The molecule has 0 atom stereocenters. The van der Waals surface area contributed by atoms with Gasteiger partial charge in [-0.25, -0.2) is 0 Å². The molecule has 2 rings (SSSR count). The summed E-state index contributed by atoms with van der Waals surface area (Å²) in [6.07, 6.45) is 5.73. The number of aromatic nitrogens is 1. The van der Waals surface area contributed by atoms with E-state index in [1.165, 1.54) is 13.5 Å². The Morgan fingerprint density at radius 3 is 2.75 bits per heavy atom. The van der Waals surface area contributed by atoms with Crippen molar-refractivity contribution in [3.8, 4) is 0 Å². The molecule has 1 aliphatic carbocycles. The number of rotatable bonds is 6. The highest BCUT2D eigenvalue weighted by Gasteiger charge is 2.25. The van der Waals surface area contributed by atoms with Gasteiger partial charge in [0.05, 0.1) is 13.5 Å². The van der Waals surface area contributed by atoms with Gasteiger partial charge in [0.15, 0.2) is 0 Å². The molecule has 0 saturated heterocycles. The van der Waals surface area contributed by atoms with Gasteiger partial charge < -0.3 is 14.2 Å². The number of ether oxygens (including phenoxy) is 1. The molecule has 5 heteroatoms. The van der Waals surface area contributed by atoms with E-state index in [1.807, 2.05) is 25.3 Å². The fourth-order valence-electron chi connectivity index (χ4n) is 2.45. The van der Waals surface area contributed by atoms with E-state index in [0.29, 0.717) is 19.1 Å². The molecule has 1 amide bonds. The Bertz CT molecular complexity index is 477. The van der Waals surface area contributed by atoms with Crippen LogP contribution in [0.15, 0.2) is 18.3 Å². The van der Waals surface area contributed by atoms with Gasteiger partial charge in [-0.05, 0) is 38.3 Å². The van der Waals surface area contributed by atoms with Crippen LogP contribution in [0, 0.1) is 0 Å². The summed E-state index contributed by atoms with van der Waals surface area (Å²) in [7, 11) is 1.36. The van der Waals surface area contributed by atoms with Crippen LogP contribution in [0.3, 0.4) is 0 Å². The maximum absolute atomic E-state index is 12.6. The summed E-state index contributed by atoms with van der Waals surface area (Å²) < 4.78 is 6.70. The van der Waals surface area contributed by atoms with Gasteiger partial charge in [-0.2, -0.15) is 0 Å². The van der Waals surface area contributed by atoms with Crippen molar-refractivity contribution in [2.45, 2.75) is 38.6 Å². The standard InChI is InChI=1S/C15H22N2O3/c1-3-16(11-9-14(18)20-2)15(19)13-8-5-10-17(13)12-6-4-7-12/h5,8,10,12H,3-4,6-7,9,11H2,1-2H3. The molecule has 1 heterocycles. The molecule has 0 N–H and O–H groups in total. The average molecular weight is 278 g/mol. The third-order valence-electron chi connectivity index (χ3n) is 3.95. The molecule has 0 radical (unpaired) electrons. The lowest BCUT2D eigenvalue weighted by Crippen LogP contribution is -2.35. The summed E-state index contributed by atoms with van der Waals surface area (Å²) in [4.78, 5) is 25.5. The summed E-state index contributed by atoms with van der Waals surface area (Å²) in [5, 5.41) is 0. The van der Waals surface area contributed by atoms with Crippen molar-refractivity contribution in [2.24, 2.45) is 0 Å². The van der Waals surface area contributed by atoms with Crippen molar-refractivity contribution in [1.82, 2.24) is 9.47 Å². The maximum atomic E-state index is 12.6. The predicted octanol–water partition coefficient (Wildman–Crippen LogP) is 2.24. The van der Waals surface area contributed by atoms with Crippen LogP contribution in [0.5, 0.6) is 0 Å². The van der Waals surface area contributed by atoms with Crippen LogP contribution in [0.2, 0.25) is 0 Å². The molecule has 110 valence electrons. The Morgan fingerprint density at radius 2 is 2.20 bits per heavy atom. The van der Waals surface area contributed by atoms with Crippen LogP contribution in [0.25, 0.3) is 0 Å². The zero-order chi connectivity index (χ0) is 14.5. The topological polar surface area (TPSA) is 51.5 Å². The van der Waals surface area contributed by atoms with E-state index in [2.05, 4.69) is 9.30 Å². The van der Waals surface area contributed by atoms with Gasteiger partial charge in [-0.1, -0.05) is 0 Å². The first-order chi connectivity index (χ1) is 9.67. The van der Waals surface area contributed by atoms with Crippen molar-refractivity contribution in [2.75, 3.05) is 20.2 Å². The fraction of sp³-hybridized carbons (Fsp3) is 0.600. The number of hydrogen-bond donors (Lipinski definition) is 0. The van der Waals surface area contributed by atoms with Crippen LogP contribution in [0.4, 0.5) is 0 Å². The number of methoxy groups -OCH3 is 1. The number of amides is 1. The normalized spacial score (nSPS) is 14.7. The summed E-state index contributed by atoms with van der Waals surface area (Å²) >= 11 is 0. The van der Waals surface area contributed by atoms with Crippen LogP contribution in [-0.2, 0) is 9.53 Å². The molecule has 5 nitrogen and oxygen atoms in total. The Morgan fingerprint density at radius 1 is 1.45 bits per heavy atom. The number of carbonyl (C=O) groups is 2. The second kappa shape index (κ2) is 6.59. The first-order valence-corrected chi connectivity index (χ1v) is 7.20. The quantitative estimate of drug-likeness (QED) is 0.750. The lowest BCUT2D eigenvalue weighted by atomic mass is 9.93. The SMILES string of the molecule is CCN(CCC(=O)OC)C(=O)c1cccn1C1CCC1. The summed E-state index contributed by atoms with van der Waals surface area (Å²) in [5.41, 5.74) is 0.724. The van der Waals surface area contributed by atoms with E-state index >= 15 is 0 Å². The van der Waals surface area contributed by atoms with Crippen molar-refractivity contribution in [3.63, 3.8) is 0 Å². The monoisotopic (exact) mass is 278 g/mol. The molecule has 0 aliphatic heterocycles. The Hall–Kier alpha value is -1.78. The average Bonchev–Trinajstić information content (AvgIpc) is 2.85. The van der Waals surface area contributed by atoms with Crippen molar-refractivity contribution >= 4 is 11.9 Å². The number of esters is 1. The first-order valence-electron chi connectivity index (χ1n) is 7.20. The summed E-state index contributed by atoms with van der Waals surface area (Å²) in [5.74, 6) is -0.293. The molecular weight excluding hydrogens is 256 g/mol. The molecular formula is C15H22N2O3. The Kier molecular flexibility index (Phi) is 4.82. The van der Waals surface area contributed by atoms with Crippen molar-refractivity contribution in [3.05, 3.63) is 24.0 Å². The van der Waals surface area contributed by atoms with Crippen LogP contribution >= 0.6 is 0 Å². The van der Waals surface area contributed by atoms with Crippen molar-refractivity contribution < 1.29 is 14.3 Å². The Balaban J connectivity index is 2.04. The first kappa shape index (κ1) is 14.6. The second-order valence-electron chi connectivity index (χ2n) is 5.10. The third kappa shape index (κ3) is 3.03. The van der Waals surface area contributed by atoms with Gasteiger partial charge in [0.25, 0.3) is 5.91 Å². The minimum atomic E-state index is -0.286. The predicted molar refractivity (Wildman–Crippen MR) is 75.5 cm³/mol. The third-order valence-corrected chi connectivity index (χ3v) is 3.95. The molecule has 0 aromatic carbocycles. The van der Waals surface area contributed by atoms with Gasteiger partial charge >= 0.3 is 5.97 Å². The van der Waals surface area contributed by atoms with Crippen molar-refractivity contribution in [1.29, 1.82) is 0 Å². The van der Waals surface area contributed by atoms with Gasteiger partial charge in [0, 0.05) is 25.3 Å². The zero-order valence-corrected chi connectivity index (χ0v) is 12.2. The highest BCUT2D eigenvalue weighted by atomic mass is 16.5. The number of hydrogen-bond acceptors (Lipinski definition) is 3. The van der Waals surface area contributed by atoms with Gasteiger partial charge in [0.2, 0.25) is 0 Å². The highest BCUT2D eigenvalue weighted by Crippen LogP contribution is 2.32. The van der Waals surface area contributed by atoms with Crippen LogP contribution in [-0.4, -0.2) is 41.5 Å².